The number of aliphatic hydroxyl groups is 5. The van der Waals surface area contributed by atoms with Crippen molar-refractivity contribution in [3.05, 3.63) is 47.5 Å². The second-order valence-electron chi connectivity index (χ2n) is 9.29. The third-order valence-corrected chi connectivity index (χ3v) is 6.84. The molecule has 0 bridgehead atoms. The predicted molar refractivity (Wildman–Crippen MR) is 136 cm³/mol. The largest absolute Gasteiger partial charge is 0.493 e. The van der Waals surface area contributed by atoms with Crippen LogP contribution in [0.3, 0.4) is 0 Å². The van der Waals surface area contributed by atoms with E-state index >= 15 is 0 Å². The fourth-order valence-electron chi connectivity index (χ4n) is 4.58. The number of hydrogen-bond donors (Lipinski definition) is 6. The SMILES string of the molecule is COc1ccc(C[C@H](CO)[C@@H](Cc2ccc(O[C@@H]3O[C@H](CO)[C@H](O)[C@H](O)[C@H]3O)c(OC)c2)C(=O)O)cc1OC. The molecular weight excluding hydrogens is 516 g/mol. The highest BCUT2D eigenvalue weighted by Crippen LogP contribution is 2.34. The van der Waals surface area contributed by atoms with Crippen LogP contribution in [0.2, 0.25) is 0 Å². The maximum absolute atomic E-state index is 12.2. The predicted octanol–water partition coefficient (Wildman–Crippen LogP) is -0.0144. The Morgan fingerprint density at radius 1 is 0.821 bits per heavy atom. The van der Waals surface area contributed by atoms with Crippen LogP contribution in [0.25, 0.3) is 0 Å². The molecule has 12 heteroatoms. The van der Waals surface area contributed by atoms with Crippen molar-refractivity contribution in [2.24, 2.45) is 11.8 Å². The monoisotopic (exact) mass is 552 g/mol. The van der Waals surface area contributed by atoms with Gasteiger partial charge in [0.15, 0.2) is 23.0 Å². The summed E-state index contributed by atoms with van der Waals surface area (Å²) in [5.74, 6) is -1.26. The van der Waals surface area contributed by atoms with E-state index in [1.54, 1.807) is 30.3 Å². The first kappa shape index (κ1) is 30.4. The molecule has 7 atom stereocenters. The van der Waals surface area contributed by atoms with Crippen LogP contribution in [0.4, 0.5) is 0 Å². The number of carbonyl (C=O) groups is 1. The lowest BCUT2D eigenvalue weighted by atomic mass is 9.83. The van der Waals surface area contributed by atoms with E-state index in [0.29, 0.717) is 17.1 Å². The van der Waals surface area contributed by atoms with Crippen LogP contribution in [0.5, 0.6) is 23.0 Å². The summed E-state index contributed by atoms with van der Waals surface area (Å²) in [5, 5.41) is 59.7. The molecule has 1 fully saturated rings. The Hall–Kier alpha value is -3.13. The first-order valence-corrected chi connectivity index (χ1v) is 12.4. The molecule has 216 valence electrons. The second-order valence-corrected chi connectivity index (χ2v) is 9.29. The molecule has 2 aromatic carbocycles. The molecule has 0 unspecified atom stereocenters. The van der Waals surface area contributed by atoms with Crippen LogP contribution in [-0.2, 0) is 22.4 Å². The summed E-state index contributed by atoms with van der Waals surface area (Å²) in [5.41, 5.74) is 1.37. The number of ether oxygens (including phenoxy) is 5. The van der Waals surface area contributed by atoms with Crippen molar-refractivity contribution in [1.82, 2.24) is 0 Å². The molecule has 3 rings (SSSR count). The van der Waals surface area contributed by atoms with Crippen LogP contribution in [-0.4, -0.2) is 102 Å². The van der Waals surface area contributed by atoms with Gasteiger partial charge in [0.2, 0.25) is 6.29 Å². The normalized spacial score (nSPS) is 24.5. The molecule has 2 aromatic rings. The van der Waals surface area contributed by atoms with E-state index in [1.807, 2.05) is 0 Å². The molecule has 1 saturated heterocycles. The Labute approximate surface area is 225 Å². The lowest BCUT2D eigenvalue weighted by molar-refractivity contribution is -0.277. The third kappa shape index (κ3) is 7.10. The number of benzene rings is 2. The Balaban J connectivity index is 1.78. The summed E-state index contributed by atoms with van der Waals surface area (Å²) >= 11 is 0. The fourth-order valence-corrected chi connectivity index (χ4v) is 4.58. The minimum absolute atomic E-state index is 0.0739. The smallest absolute Gasteiger partial charge is 0.307 e. The van der Waals surface area contributed by atoms with Crippen LogP contribution in [0.1, 0.15) is 11.1 Å². The van der Waals surface area contributed by atoms with Gasteiger partial charge >= 0.3 is 5.97 Å². The van der Waals surface area contributed by atoms with E-state index in [4.69, 9.17) is 23.7 Å². The van der Waals surface area contributed by atoms with Gasteiger partial charge in [0.25, 0.3) is 0 Å². The van der Waals surface area contributed by atoms with Gasteiger partial charge in [-0.05, 0) is 54.2 Å². The number of aliphatic hydroxyl groups excluding tert-OH is 5. The summed E-state index contributed by atoms with van der Waals surface area (Å²) < 4.78 is 27.0. The highest BCUT2D eigenvalue weighted by molar-refractivity contribution is 5.71. The quantitative estimate of drug-likeness (QED) is 0.196. The standard InChI is InChI=1S/C27H36O12/c1-35-18-6-4-14(10-20(18)36-2)8-16(12-28)17(26(33)34)9-15-5-7-19(21(11-15)37-3)38-27-25(32)24(31)23(30)22(13-29)39-27/h4-7,10-11,16-17,22-25,27-32H,8-9,12-13H2,1-3H3,(H,33,34)/t16-,17-,22-,23+,24+,25-,27-/m1/s1. The van der Waals surface area contributed by atoms with Gasteiger partial charge < -0.3 is 54.3 Å². The van der Waals surface area contributed by atoms with Crippen molar-refractivity contribution in [1.29, 1.82) is 0 Å². The molecular formula is C27H36O12. The zero-order valence-electron chi connectivity index (χ0n) is 22.0. The van der Waals surface area contributed by atoms with E-state index in [2.05, 4.69) is 0 Å². The van der Waals surface area contributed by atoms with Crippen molar-refractivity contribution in [3.63, 3.8) is 0 Å². The first-order valence-electron chi connectivity index (χ1n) is 12.4. The van der Waals surface area contributed by atoms with Crippen molar-refractivity contribution in [2.45, 2.75) is 43.5 Å². The molecule has 0 spiro atoms. The number of carboxylic acids is 1. The number of rotatable bonds is 13. The molecule has 1 aliphatic rings. The van der Waals surface area contributed by atoms with Gasteiger partial charge in [-0.2, -0.15) is 0 Å². The summed E-state index contributed by atoms with van der Waals surface area (Å²) in [4.78, 5) is 12.2. The lowest BCUT2D eigenvalue weighted by Crippen LogP contribution is -2.60. The summed E-state index contributed by atoms with van der Waals surface area (Å²) in [6.07, 6.45) is -6.94. The van der Waals surface area contributed by atoms with Gasteiger partial charge in [0.05, 0.1) is 33.9 Å². The summed E-state index contributed by atoms with van der Waals surface area (Å²) in [7, 11) is 4.40. The van der Waals surface area contributed by atoms with Gasteiger partial charge in [-0.15, -0.1) is 0 Å². The van der Waals surface area contributed by atoms with E-state index < -0.39 is 55.1 Å². The molecule has 39 heavy (non-hydrogen) atoms. The van der Waals surface area contributed by atoms with Crippen LogP contribution < -0.4 is 18.9 Å². The Bertz CT molecular complexity index is 1090. The highest BCUT2D eigenvalue weighted by Gasteiger charge is 2.45. The van der Waals surface area contributed by atoms with E-state index in [9.17, 15) is 35.4 Å². The van der Waals surface area contributed by atoms with E-state index in [0.717, 1.165) is 5.56 Å². The molecule has 0 amide bonds. The van der Waals surface area contributed by atoms with Gasteiger partial charge in [-0.3, -0.25) is 4.79 Å². The molecule has 6 N–H and O–H groups in total. The molecule has 1 aliphatic heterocycles. The number of carboxylic acid groups (broad SMARTS) is 1. The summed E-state index contributed by atoms with van der Waals surface area (Å²) in [6.45, 7) is -0.965. The molecule has 0 aliphatic carbocycles. The van der Waals surface area contributed by atoms with Crippen LogP contribution in [0.15, 0.2) is 36.4 Å². The zero-order chi connectivity index (χ0) is 28.7. The average Bonchev–Trinajstić information content (AvgIpc) is 2.95. The minimum atomic E-state index is -1.61. The van der Waals surface area contributed by atoms with Crippen LogP contribution in [0, 0.1) is 11.8 Å². The van der Waals surface area contributed by atoms with Gasteiger partial charge in [0.1, 0.15) is 24.4 Å². The molecule has 0 saturated carbocycles. The minimum Gasteiger partial charge on any atom is -0.493 e. The van der Waals surface area contributed by atoms with E-state index in [-0.39, 0.29) is 30.9 Å². The Morgan fingerprint density at radius 2 is 1.38 bits per heavy atom. The number of aliphatic carboxylic acids is 1. The van der Waals surface area contributed by atoms with Gasteiger partial charge in [0, 0.05) is 6.61 Å². The maximum Gasteiger partial charge on any atom is 0.307 e. The maximum atomic E-state index is 12.2. The zero-order valence-corrected chi connectivity index (χ0v) is 22.0. The third-order valence-electron chi connectivity index (χ3n) is 6.84. The average molecular weight is 553 g/mol. The van der Waals surface area contributed by atoms with Gasteiger partial charge in [-0.25, -0.2) is 0 Å². The lowest BCUT2D eigenvalue weighted by Gasteiger charge is -2.39. The Kier molecular flexibility index (Phi) is 10.7. The fraction of sp³-hybridized carbons (Fsp3) is 0.519. The van der Waals surface area contributed by atoms with Crippen molar-refractivity contribution >= 4 is 5.97 Å². The molecule has 1 heterocycles. The topological polar surface area (TPSA) is 185 Å². The van der Waals surface area contributed by atoms with E-state index in [1.165, 1.54) is 27.4 Å². The molecule has 12 nitrogen and oxygen atoms in total. The molecule has 0 radical (unpaired) electrons. The number of methoxy groups -OCH3 is 3. The van der Waals surface area contributed by atoms with Gasteiger partial charge in [-0.1, -0.05) is 12.1 Å². The number of hydrogen-bond acceptors (Lipinski definition) is 11. The molecule has 0 aromatic heterocycles. The first-order chi connectivity index (χ1) is 18.7. The summed E-state index contributed by atoms with van der Waals surface area (Å²) in [6, 6.07) is 9.93. The Morgan fingerprint density at radius 3 is 1.92 bits per heavy atom. The van der Waals surface area contributed by atoms with Crippen molar-refractivity contribution in [2.75, 3.05) is 34.5 Å². The van der Waals surface area contributed by atoms with Crippen molar-refractivity contribution in [3.8, 4) is 23.0 Å². The van der Waals surface area contributed by atoms with Crippen LogP contribution >= 0.6 is 0 Å². The van der Waals surface area contributed by atoms with Crippen molar-refractivity contribution < 1.29 is 59.1 Å². The highest BCUT2D eigenvalue weighted by atomic mass is 16.7. The second kappa shape index (κ2) is 13.8.